The second-order valence-electron chi connectivity index (χ2n) is 3.58. The van der Waals surface area contributed by atoms with Crippen molar-refractivity contribution in [1.82, 2.24) is 15.1 Å². The van der Waals surface area contributed by atoms with Gasteiger partial charge in [0.15, 0.2) is 0 Å². The molecule has 1 rings (SSSR count). The number of rotatable bonds is 5. The summed E-state index contributed by atoms with van der Waals surface area (Å²) in [6, 6.07) is 0. The minimum atomic E-state index is -0.0948. The number of amides is 1. The standard InChI is InChI=1S/C10H18N4O2/c1-7-10(11)8(2)14(13-7)6-9(15)12-4-5-16-3/h4-6,11H2,1-3H3,(H,12,15). The number of hydrogen-bond donors (Lipinski definition) is 2. The van der Waals surface area contributed by atoms with Gasteiger partial charge in [-0.05, 0) is 13.8 Å². The number of carbonyl (C=O) groups excluding carboxylic acids is 1. The lowest BCUT2D eigenvalue weighted by molar-refractivity contribution is -0.122. The Hall–Kier alpha value is -1.56. The smallest absolute Gasteiger partial charge is 0.241 e. The first-order valence-electron chi connectivity index (χ1n) is 5.11. The van der Waals surface area contributed by atoms with Gasteiger partial charge >= 0.3 is 0 Å². The van der Waals surface area contributed by atoms with Crippen LogP contribution in [0.15, 0.2) is 0 Å². The maximum Gasteiger partial charge on any atom is 0.241 e. The van der Waals surface area contributed by atoms with Crippen LogP contribution >= 0.6 is 0 Å². The zero-order chi connectivity index (χ0) is 12.1. The molecule has 0 spiro atoms. The van der Waals surface area contributed by atoms with E-state index >= 15 is 0 Å². The number of anilines is 1. The lowest BCUT2D eigenvalue weighted by Gasteiger charge is -2.06. The number of aryl methyl sites for hydroxylation is 1. The van der Waals surface area contributed by atoms with E-state index in [9.17, 15) is 4.79 Å². The molecular weight excluding hydrogens is 208 g/mol. The zero-order valence-corrected chi connectivity index (χ0v) is 9.91. The molecule has 0 aromatic carbocycles. The summed E-state index contributed by atoms with van der Waals surface area (Å²) in [4.78, 5) is 11.5. The van der Waals surface area contributed by atoms with Crippen LogP contribution in [0.4, 0.5) is 5.69 Å². The van der Waals surface area contributed by atoms with E-state index in [0.717, 1.165) is 11.4 Å². The molecule has 3 N–H and O–H groups in total. The largest absolute Gasteiger partial charge is 0.396 e. The van der Waals surface area contributed by atoms with E-state index in [1.807, 2.05) is 13.8 Å². The molecule has 0 fully saturated rings. The van der Waals surface area contributed by atoms with E-state index in [0.29, 0.717) is 18.8 Å². The van der Waals surface area contributed by atoms with Crippen molar-refractivity contribution in [3.8, 4) is 0 Å². The summed E-state index contributed by atoms with van der Waals surface area (Å²) < 4.78 is 6.44. The number of hydrogen-bond acceptors (Lipinski definition) is 4. The Kier molecular flexibility index (Phi) is 4.30. The van der Waals surface area contributed by atoms with Gasteiger partial charge in [0.1, 0.15) is 6.54 Å². The van der Waals surface area contributed by atoms with Crippen molar-refractivity contribution in [2.75, 3.05) is 26.0 Å². The Balaban J connectivity index is 2.53. The van der Waals surface area contributed by atoms with Crippen molar-refractivity contribution < 1.29 is 9.53 Å². The highest BCUT2D eigenvalue weighted by Crippen LogP contribution is 2.14. The number of nitrogen functional groups attached to an aromatic ring is 1. The van der Waals surface area contributed by atoms with Crippen molar-refractivity contribution in [1.29, 1.82) is 0 Å². The average molecular weight is 226 g/mol. The van der Waals surface area contributed by atoms with Crippen LogP contribution in [-0.2, 0) is 16.1 Å². The van der Waals surface area contributed by atoms with Crippen LogP contribution in [0.2, 0.25) is 0 Å². The van der Waals surface area contributed by atoms with E-state index in [1.54, 1.807) is 11.8 Å². The normalized spacial score (nSPS) is 10.4. The molecule has 0 aliphatic heterocycles. The van der Waals surface area contributed by atoms with Gasteiger partial charge in [-0.1, -0.05) is 0 Å². The fourth-order valence-corrected chi connectivity index (χ4v) is 1.35. The summed E-state index contributed by atoms with van der Waals surface area (Å²) in [5.74, 6) is -0.0948. The first kappa shape index (κ1) is 12.5. The number of methoxy groups -OCH3 is 1. The molecule has 6 heteroatoms. The van der Waals surface area contributed by atoms with Crippen molar-refractivity contribution >= 4 is 11.6 Å². The Labute approximate surface area is 94.8 Å². The molecule has 0 radical (unpaired) electrons. The molecule has 1 aromatic rings. The highest BCUT2D eigenvalue weighted by atomic mass is 16.5. The summed E-state index contributed by atoms with van der Waals surface area (Å²) >= 11 is 0. The van der Waals surface area contributed by atoms with Crippen molar-refractivity contribution in [3.63, 3.8) is 0 Å². The third-order valence-electron chi connectivity index (χ3n) is 2.36. The van der Waals surface area contributed by atoms with E-state index in [4.69, 9.17) is 10.5 Å². The van der Waals surface area contributed by atoms with Gasteiger partial charge in [0.2, 0.25) is 5.91 Å². The minimum absolute atomic E-state index is 0.0948. The van der Waals surface area contributed by atoms with E-state index in [1.165, 1.54) is 0 Å². The predicted molar refractivity (Wildman–Crippen MR) is 61.0 cm³/mol. The lowest BCUT2D eigenvalue weighted by atomic mass is 10.3. The highest BCUT2D eigenvalue weighted by molar-refractivity contribution is 5.75. The molecule has 1 aromatic heterocycles. The second-order valence-corrected chi connectivity index (χ2v) is 3.58. The van der Waals surface area contributed by atoms with Gasteiger partial charge in [-0.25, -0.2) is 0 Å². The van der Waals surface area contributed by atoms with Gasteiger partial charge in [-0.2, -0.15) is 5.10 Å². The van der Waals surface area contributed by atoms with Crippen LogP contribution in [0.1, 0.15) is 11.4 Å². The second kappa shape index (κ2) is 5.50. The highest BCUT2D eigenvalue weighted by Gasteiger charge is 2.10. The molecule has 0 atom stereocenters. The quantitative estimate of drug-likeness (QED) is 0.684. The summed E-state index contributed by atoms with van der Waals surface area (Å²) in [5, 5.41) is 6.90. The summed E-state index contributed by atoms with van der Waals surface area (Å²) in [7, 11) is 1.59. The molecule has 1 heterocycles. The molecule has 6 nitrogen and oxygen atoms in total. The third-order valence-corrected chi connectivity index (χ3v) is 2.36. The van der Waals surface area contributed by atoms with Crippen molar-refractivity contribution in [2.45, 2.75) is 20.4 Å². The van der Waals surface area contributed by atoms with Gasteiger partial charge in [0.05, 0.1) is 23.7 Å². The van der Waals surface area contributed by atoms with Crippen LogP contribution in [0.3, 0.4) is 0 Å². The SMILES string of the molecule is COCCNC(=O)Cn1nc(C)c(N)c1C. The molecule has 0 bridgehead atoms. The molecule has 0 aliphatic carbocycles. The van der Waals surface area contributed by atoms with E-state index in [-0.39, 0.29) is 12.5 Å². The van der Waals surface area contributed by atoms with Gasteiger partial charge in [-0.3, -0.25) is 9.48 Å². The van der Waals surface area contributed by atoms with Crippen molar-refractivity contribution in [3.05, 3.63) is 11.4 Å². The van der Waals surface area contributed by atoms with Gasteiger partial charge in [-0.15, -0.1) is 0 Å². The van der Waals surface area contributed by atoms with Crippen LogP contribution in [0, 0.1) is 13.8 Å². The van der Waals surface area contributed by atoms with Crippen LogP contribution in [0.25, 0.3) is 0 Å². The summed E-state index contributed by atoms with van der Waals surface area (Å²) in [6.45, 7) is 4.86. The van der Waals surface area contributed by atoms with E-state index < -0.39 is 0 Å². The van der Waals surface area contributed by atoms with Crippen LogP contribution in [0.5, 0.6) is 0 Å². The molecular formula is C10H18N4O2. The Bertz CT molecular complexity index is 373. The number of nitrogens with two attached hydrogens (primary N) is 1. The summed E-state index contributed by atoms with van der Waals surface area (Å²) in [6.07, 6.45) is 0. The Morgan fingerprint density at radius 2 is 2.25 bits per heavy atom. The summed E-state index contributed by atoms with van der Waals surface area (Å²) in [5.41, 5.74) is 7.98. The number of ether oxygens (including phenoxy) is 1. The number of nitrogens with zero attached hydrogens (tertiary/aromatic N) is 2. The molecule has 1 amide bonds. The minimum Gasteiger partial charge on any atom is -0.396 e. The van der Waals surface area contributed by atoms with Crippen LogP contribution < -0.4 is 11.1 Å². The molecule has 0 saturated carbocycles. The molecule has 0 aliphatic rings. The molecule has 16 heavy (non-hydrogen) atoms. The molecule has 90 valence electrons. The fraction of sp³-hybridized carbons (Fsp3) is 0.600. The fourth-order valence-electron chi connectivity index (χ4n) is 1.35. The maximum absolute atomic E-state index is 11.5. The Morgan fingerprint density at radius 3 is 2.75 bits per heavy atom. The first-order chi connectivity index (χ1) is 7.56. The Morgan fingerprint density at radius 1 is 1.56 bits per heavy atom. The van der Waals surface area contributed by atoms with Gasteiger partial charge in [0.25, 0.3) is 0 Å². The molecule has 0 unspecified atom stereocenters. The van der Waals surface area contributed by atoms with E-state index in [2.05, 4.69) is 10.4 Å². The third kappa shape index (κ3) is 2.96. The van der Waals surface area contributed by atoms with Crippen LogP contribution in [-0.4, -0.2) is 35.9 Å². The van der Waals surface area contributed by atoms with Crippen molar-refractivity contribution in [2.24, 2.45) is 0 Å². The predicted octanol–water partition coefficient (Wildman–Crippen LogP) is -0.155. The number of aromatic nitrogens is 2. The number of nitrogens with one attached hydrogen (secondary N) is 1. The maximum atomic E-state index is 11.5. The van der Waals surface area contributed by atoms with Gasteiger partial charge in [0, 0.05) is 13.7 Å². The monoisotopic (exact) mass is 226 g/mol. The topological polar surface area (TPSA) is 82.2 Å². The average Bonchev–Trinajstić information content (AvgIpc) is 2.47. The first-order valence-corrected chi connectivity index (χ1v) is 5.11. The molecule has 0 saturated heterocycles. The van der Waals surface area contributed by atoms with Gasteiger partial charge < -0.3 is 15.8 Å². The lowest BCUT2D eigenvalue weighted by Crippen LogP contribution is -2.31. The zero-order valence-electron chi connectivity index (χ0n) is 9.91. The number of carbonyl (C=O) groups is 1.